The Morgan fingerprint density at radius 2 is 1.93 bits per heavy atom. The minimum Gasteiger partial charge on any atom is -0.380 e. The maximum Gasteiger partial charge on any atom is 0.196 e. The van der Waals surface area contributed by atoms with Crippen LogP contribution >= 0.6 is 0 Å². The van der Waals surface area contributed by atoms with Crippen LogP contribution in [0, 0.1) is 6.92 Å². The van der Waals surface area contributed by atoms with Crippen molar-refractivity contribution < 1.29 is 4.74 Å². The van der Waals surface area contributed by atoms with E-state index in [1.165, 1.54) is 18.4 Å². The third kappa shape index (κ3) is 3.82. The number of hydrogen-bond donors (Lipinski definition) is 1. The van der Waals surface area contributed by atoms with Gasteiger partial charge in [0.2, 0.25) is 0 Å². The lowest BCUT2D eigenvalue weighted by molar-refractivity contribution is 0.0114. The minimum absolute atomic E-state index is 0.398. The van der Waals surface area contributed by atoms with Crippen molar-refractivity contribution in [3.63, 3.8) is 0 Å². The second kappa shape index (κ2) is 8.16. The second-order valence-corrected chi connectivity index (χ2v) is 8.14. The molecule has 0 atom stereocenters. The number of pyridine rings is 1. The first kappa shape index (κ1) is 19.2. The summed E-state index contributed by atoms with van der Waals surface area (Å²) in [5, 5.41) is 4.50. The highest BCUT2D eigenvalue weighted by Crippen LogP contribution is 2.25. The molecule has 9 heteroatoms. The lowest BCUT2D eigenvalue weighted by Gasteiger charge is -2.40. The standard InChI is InChI=1S/C21H28N8O/c1-15-12-16(13-18-25-19(22)21-23-4-7-29(21)26-18)14-24-20(15)28-5-2-17(3-6-28)27-8-10-30-11-9-27/h4,7,12,14,17H,2-3,5-6,8-11,13H2,1H3,(H2,22,25,26). The molecule has 0 bridgehead atoms. The average molecular weight is 409 g/mol. The molecule has 5 rings (SSSR count). The summed E-state index contributed by atoms with van der Waals surface area (Å²) in [6, 6.07) is 2.86. The molecule has 9 nitrogen and oxygen atoms in total. The van der Waals surface area contributed by atoms with Gasteiger partial charge in [-0.25, -0.2) is 19.5 Å². The molecule has 0 radical (unpaired) electrons. The summed E-state index contributed by atoms with van der Waals surface area (Å²) in [5.74, 6) is 2.15. The number of fused-ring (bicyclic) bond motifs is 1. The number of piperidine rings is 1. The maximum absolute atomic E-state index is 6.00. The highest BCUT2D eigenvalue weighted by atomic mass is 16.5. The largest absolute Gasteiger partial charge is 0.380 e. The van der Waals surface area contributed by atoms with Crippen LogP contribution in [0.3, 0.4) is 0 Å². The summed E-state index contributed by atoms with van der Waals surface area (Å²) in [6.07, 6.45) is 8.35. The van der Waals surface area contributed by atoms with Crippen molar-refractivity contribution in [1.29, 1.82) is 0 Å². The molecule has 0 amide bonds. The molecule has 2 N–H and O–H groups in total. The Kier molecular flexibility index (Phi) is 5.22. The zero-order valence-electron chi connectivity index (χ0n) is 17.4. The number of hydrogen-bond acceptors (Lipinski definition) is 8. The van der Waals surface area contributed by atoms with Crippen LogP contribution in [0.25, 0.3) is 5.65 Å². The molecule has 158 valence electrons. The van der Waals surface area contributed by atoms with Crippen LogP contribution < -0.4 is 10.6 Å². The molecular formula is C21H28N8O. The van der Waals surface area contributed by atoms with Crippen LogP contribution in [0.2, 0.25) is 0 Å². The van der Waals surface area contributed by atoms with Crippen molar-refractivity contribution in [3.8, 4) is 0 Å². The van der Waals surface area contributed by atoms with Gasteiger partial charge < -0.3 is 15.4 Å². The number of nitrogens with two attached hydrogens (primary N) is 1. The van der Waals surface area contributed by atoms with E-state index in [0.29, 0.717) is 29.8 Å². The third-order valence-electron chi connectivity index (χ3n) is 6.12. The Bertz CT molecular complexity index is 1020. The first-order valence-corrected chi connectivity index (χ1v) is 10.7. The van der Waals surface area contributed by atoms with Crippen molar-refractivity contribution in [2.24, 2.45) is 0 Å². The Labute approximate surface area is 175 Å². The summed E-state index contributed by atoms with van der Waals surface area (Å²) < 4.78 is 7.16. The fourth-order valence-corrected chi connectivity index (χ4v) is 4.59. The minimum atomic E-state index is 0.398. The second-order valence-electron chi connectivity index (χ2n) is 8.14. The highest BCUT2D eigenvalue weighted by molar-refractivity contribution is 5.58. The number of aromatic nitrogens is 5. The van der Waals surface area contributed by atoms with Gasteiger partial charge in [-0.2, -0.15) is 5.10 Å². The van der Waals surface area contributed by atoms with E-state index in [9.17, 15) is 0 Å². The number of nitrogen functional groups attached to an aromatic ring is 1. The smallest absolute Gasteiger partial charge is 0.196 e. The monoisotopic (exact) mass is 408 g/mol. The van der Waals surface area contributed by atoms with Crippen LogP contribution in [-0.4, -0.2) is 74.9 Å². The van der Waals surface area contributed by atoms with E-state index >= 15 is 0 Å². The Balaban J connectivity index is 1.25. The van der Waals surface area contributed by atoms with Gasteiger partial charge in [0.25, 0.3) is 0 Å². The van der Waals surface area contributed by atoms with Crippen LogP contribution in [0.15, 0.2) is 24.7 Å². The average Bonchev–Trinajstić information content (AvgIpc) is 3.24. The number of morpholine rings is 1. The Morgan fingerprint density at radius 3 is 2.70 bits per heavy atom. The molecule has 0 unspecified atom stereocenters. The van der Waals surface area contributed by atoms with Gasteiger partial charge >= 0.3 is 0 Å². The van der Waals surface area contributed by atoms with Crippen molar-refractivity contribution in [1.82, 2.24) is 29.5 Å². The van der Waals surface area contributed by atoms with Crippen LogP contribution in [0.5, 0.6) is 0 Å². The van der Waals surface area contributed by atoms with Gasteiger partial charge in [0.1, 0.15) is 5.82 Å². The van der Waals surface area contributed by atoms with Crippen LogP contribution in [-0.2, 0) is 11.2 Å². The first-order valence-electron chi connectivity index (χ1n) is 10.7. The van der Waals surface area contributed by atoms with Crippen molar-refractivity contribution in [2.45, 2.75) is 32.2 Å². The van der Waals surface area contributed by atoms with Crippen molar-refractivity contribution in [3.05, 3.63) is 41.6 Å². The fraction of sp³-hybridized carbons (Fsp3) is 0.524. The van der Waals surface area contributed by atoms with Crippen LogP contribution in [0.1, 0.15) is 29.8 Å². The van der Waals surface area contributed by atoms with E-state index in [0.717, 1.165) is 50.8 Å². The molecule has 3 aromatic rings. The first-order chi connectivity index (χ1) is 14.7. The van der Waals surface area contributed by atoms with Gasteiger partial charge in [-0.3, -0.25) is 4.90 Å². The highest BCUT2D eigenvalue weighted by Gasteiger charge is 2.26. The molecule has 0 aliphatic carbocycles. The van der Waals surface area contributed by atoms with Crippen LogP contribution in [0.4, 0.5) is 11.6 Å². The van der Waals surface area contributed by atoms with Gasteiger partial charge in [0.05, 0.1) is 13.2 Å². The Morgan fingerprint density at radius 1 is 1.13 bits per heavy atom. The van der Waals surface area contributed by atoms with E-state index in [1.807, 2.05) is 6.20 Å². The van der Waals surface area contributed by atoms with Gasteiger partial charge in [-0.05, 0) is 30.9 Å². The van der Waals surface area contributed by atoms with Gasteiger partial charge in [0.15, 0.2) is 17.3 Å². The predicted octanol–water partition coefficient (Wildman–Crippen LogP) is 1.30. The quantitative estimate of drug-likeness (QED) is 0.690. The molecular weight excluding hydrogens is 380 g/mol. The molecule has 2 aliphatic rings. The fourth-order valence-electron chi connectivity index (χ4n) is 4.59. The van der Waals surface area contributed by atoms with Gasteiger partial charge in [-0.15, -0.1) is 0 Å². The van der Waals surface area contributed by atoms with Crippen molar-refractivity contribution in [2.75, 3.05) is 50.0 Å². The normalized spacial score (nSPS) is 18.9. The number of imidazole rings is 1. The maximum atomic E-state index is 6.00. The number of rotatable bonds is 4. The SMILES string of the molecule is Cc1cc(Cc2nc(N)c3nccn3n2)cnc1N1CCC(N2CCOCC2)CC1. The summed E-state index contributed by atoms with van der Waals surface area (Å²) in [6.45, 7) is 8.09. The van der Waals surface area contributed by atoms with Crippen molar-refractivity contribution >= 4 is 17.3 Å². The number of nitrogens with zero attached hydrogens (tertiary/aromatic N) is 7. The summed E-state index contributed by atoms with van der Waals surface area (Å²) in [4.78, 5) is 18.4. The molecule has 0 aromatic carbocycles. The van der Waals surface area contributed by atoms with E-state index in [1.54, 1.807) is 16.9 Å². The molecule has 2 saturated heterocycles. The van der Waals surface area contributed by atoms with E-state index in [2.05, 4.69) is 37.9 Å². The number of aryl methyl sites for hydroxylation is 1. The summed E-state index contributed by atoms with van der Waals surface area (Å²) in [7, 11) is 0. The van der Waals surface area contributed by atoms with E-state index in [-0.39, 0.29) is 0 Å². The van der Waals surface area contributed by atoms with Gasteiger partial charge in [0, 0.05) is 57.2 Å². The molecule has 30 heavy (non-hydrogen) atoms. The molecule has 3 aromatic heterocycles. The Hall–Kier alpha value is -2.78. The molecule has 0 spiro atoms. The predicted molar refractivity (Wildman–Crippen MR) is 115 cm³/mol. The molecule has 5 heterocycles. The molecule has 2 fully saturated rings. The lowest BCUT2D eigenvalue weighted by Crippen LogP contribution is -2.49. The third-order valence-corrected chi connectivity index (χ3v) is 6.12. The summed E-state index contributed by atoms with van der Waals surface area (Å²) in [5.41, 5.74) is 8.86. The van der Waals surface area contributed by atoms with E-state index in [4.69, 9.17) is 15.5 Å². The topological polar surface area (TPSA) is 97.7 Å². The molecule has 0 saturated carbocycles. The zero-order chi connectivity index (χ0) is 20.5. The van der Waals surface area contributed by atoms with Gasteiger partial charge in [-0.1, -0.05) is 6.07 Å². The number of ether oxygens (including phenoxy) is 1. The zero-order valence-corrected chi connectivity index (χ0v) is 17.4. The molecule has 2 aliphatic heterocycles. The van der Waals surface area contributed by atoms with E-state index < -0.39 is 0 Å². The number of anilines is 2. The summed E-state index contributed by atoms with van der Waals surface area (Å²) >= 11 is 0. The lowest BCUT2D eigenvalue weighted by atomic mass is 10.0.